The normalized spacial score (nSPS) is 12.3. The number of aromatic hydroxyl groups is 2. The van der Waals surface area contributed by atoms with E-state index in [0.717, 1.165) is 35.4 Å². The van der Waals surface area contributed by atoms with Crippen LogP contribution in [-0.2, 0) is 18.8 Å². The van der Waals surface area contributed by atoms with Gasteiger partial charge in [0.05, 0.1) is 11.4 Å². The van der Waals surface area contributed by atoms with Gasteiger partial charge in [-0.15, -0.1) is 0 Å². The van der Waals surface area contributed by atoms with Gasteiger partial charge in [-0.3, -0.25) is 0 Å². The van der Waals surface area contributed by atoms with Gasteiger partial charge in [0.2, 0.25) is 5.67 Å². The smallest absolute Gasteiger partial charge is 0.457 e. The van der Waals surface area contributed by atoms with E-state index in [4.69, 9.17) is 0 Å². The molecule has 0 aliphatic heterocycles. The SMILES string of the molecule is Oc1ccc(C(F)(c2ccc(O)c(NCc3ccccc3)c2)C(F)(F)C(F)(F)F)cc1NCc1ccccc1. The molecule has 0 fully saturated rings. The molecule has 39 heavy (non-hydrogen) atoms. The maximum absolute atomic E-state index is 16.6. The van der Waals surface area contributed by atoms with E-state index in [1.165, 1.54) is 0 Å². The van der Waals surface area contributed by atoms with Crippen LogP contribution in [0.5, 0.6) is 11.5 Å². The lowest BCUT2D eigenvalue weighted by Crippen LogP contribution is -2.53. The Morgan fingerprint density at radius 1 is 0.538 bits per heavy atom. The second-order valence-electron chi connectivity index (χ2n) is 8.87. The highest BCUT2D eigenvalue weighted by molar-refractivity contribution is 5.63. The van der Waals surface area contributed by atoms with Crippen molar-refractivity contribution in [3.63, 3.8) is 0 Å². The minimum Gasteiger partial charge on any atom is -0.506 e. The monoisotopic (exact) mass is 546 g/mol. The van der Waals surface area contributed by atoms with Gasteiger partial charge in [-0.25, -0.2) is 4.39 Å². The van der Waals surface area contributed by atoms with Gasteiger partial charge >= 0.3 is 12.1 Å². The lowest BCUT2D eigenvalue weighted by Gasteiger charge is -2.36. The standard InChI is InChI=1S/C29H24F6N2O2/c30-27(28(31,32)29(33,34)35,21-11-13-25(38)23(15-21)36-17-19-7-3-1-4-8-19)22-12-14-26(39)24(16-22)37-18-20-9-5-2-6-10-20/h1-16,36-39H,17-18H2. The van der Waals surface area contributed by atoms with Gasteiger partial charge < -0.3 is 20.8 Å². The van der Waals surface area contributed by atoms with E-state index in [2.05, 4.69) is 10.6 Å². The third-order valence-electron chi connectivity index (χ3n) is 6.23. The van der Waals surface area contributed by atoms with Crippen molar-refractivity contribution in [2.45, 2.75) is 30.9 Å². The molecule has 4 nitrogen and oxygen atoms in total. The number of hydrogen-bond acceptors (Lipinski definition) is 4. The number of phenolic OH excluding ortho intramolecular Hbond substituents is 2. The van der Waals surface area contributed by atoms with E-state index in [-0.39, 0.29) is 24.5 Å². The number of phenols is 2. The molecule has 4 rings (SSSR count). The first-order chi connectivity index (χ1) is 18.4. The molecule has 0 aromatic heterocycles. The van der Waals surface area contributed by atoms with E-state index in [0.29, 0.717) is 12.1 Å². The minimum absolute atomic E-state index is 0.0829. The molecule has 4 aromatic carbocycles. The topological polar surface area (TPSA) is 64.5 Å². The number of rotatable bonds is 9. The molecule has 10 heteroatoms. The van der Waals surface area contributed by atoms with Gasteiger partial charge in [-0.05, 0) is 35.4 Å². The molecule has 0 atom stereocenters. The van der Waals surface area contributed by atoms with Crippen LogP contribution in [0.15, 0.2) is 97.1 Å². The number of anilines is 2. The molecule has 0 saturated carbocycles. The van der Waals surface area contributed by atoms with Gasteiger partial charge in [0.15, 0.2) is 0 Å². The Morgan fingerprint density at radius 2 is 0.923 bits per heavy atom. The van der Waals surface area contributed by atoms with Crippen molar-refractivity contribution in [3.8, 4) is 11.5 Å². The van der Waals surface area contributed by atoms with Gasteiger partial charge in [0.25, 0.3) is 0 Å². The molecular weight excluding hydrogens is 522 g/mol. The summed E-state index contributed by atoms with van der Waals surface area (Å²) in [6, 6.07) is 21.9. The number of alkyl halides is 6. The van der Waals surface area contributed by atoms with Crippen LogP contribution >= 0.6 is 0 Å². The Morgan fingerprint density at radius 3 is 1.28 bits per heavy atom. The number of benzene rings is 4. The zero-order chi connectivity index (χ0) is 28.3. The van der Waals surface area contributed by atoms with Gasteiger partial charge in [0, 0.05) is 24.2 Å². The average molecular weight is 547 g/mol. The molecule has 4 N–H and O–H groups in total. The zero-order valence-electron chi connectivity index (χ0n) is 20.3. The molecule has 0 saturated heterocycles. The molecule has 0 aliphatic rings. The van der Waals surface area contributed by atoms with Crippen LogP contribution in [0.25, 0.3) is 0 Å². The number of hydrogen-bond donors (Lipinski definition) is 4. The highest BCUT2D eigenvalue weighted by Crippen LogP contribution is 2.55. The maximum Gasteiger partial charge on any atom is 0.457 e. The molecule has 0 aliphatic carbocycles. The van der Waals surface area contributed by atoms with Crippen molar-refractivity contribution < 1.29 is 36.6 Å². The van der Waals surface area contributed by atoms with Gasteiger partial charge in [-0.2, -0.15) is 22.0 Å². The van der Waals surface area contributed by atoms with E-state index < -0.39 is 40.4 Å². The molecule has 0 bridgehead atoms. The molecule has 0 unspecified atom stereocenters. The number of halogens is 6. The summed E-state index contributed by atoms with van der Waals surface area (Å²) < 4.78 is 87.7. The molecule has 4 aromatic rings. The van der Waals surface area contributed by atoms with E-state index in [9.17, 15) is 23.4 Å². The molecule has 0 amide bonds. The Bertz CT molecular complexity index is 1320. The Hall–Kier alpha value is -4.34. The summed E-state index contributed by atoms with van der Waals surface area (Å²) in [6.45, 7) is 0.166. The fourth-order valence-electron chi connectivity index (χ4n) is 4.09. The predicted molar refractivity (Wildman–Crippen MR) is 137 cm³/mol. The predicted octanol–water partition coefficient (Wildman–Crippen LogP) is 7.73. The molecule has 0 radical (unpaired) electrons. The Balaban J connectivity index is 1.77. The molecular formula is C29H24F6N2O2. The average Bonchev–Trinajstić information content (AvgIpc) is 2.92. The highest BCUT2D eigenvalue weighted by Gasteiger charge is 2.72. The second kappa shape index (κ2) is 10.8. The third-order valence-corrected chi connectivity index (χ3v) is 6.23. The maximum atomic E-state index is 16.6. The summed E-state index contributed by atoms with van der Waals surface area (Å²) in [5, 5.41) is 26.0. The molecule has 0 heterocycles. The van der Waals surface area contributed by atoms with Crippen LogP contribution in [0, 0.1) is 0 Å². The highest BCUT2D eigenvalue weighted by atomic mass is 19.4. The van der Waals surface area contributed by atoms with Crippen LogP contribution in [0.1, 0.15) is 22.3 Å². The fraction of sp³-hybridized carbons (Fsp3) is 0.172. The molecule has 0 spiro atoms. The summed E-state index contributed by atoms with van der Waals surface area (Å²) in [4.78, 5) is 0. The van der Waals surface area contributed by atoms with Crippen molar-refractivity contribution >= 4 is 11.4 Å². The fourth-order valence-corrected chi connectivity index (χ4v) is 4.09. The molecule has 204 valence electrons. The number of nitrogens with one attached hydrogen (secondary N) is 2. The van der Waals surface area contributed by atoms with Gasteiger partial charge in [0.1, 0.15) is 11.5 Å². The van der Waals surface area contributed by atoms with E-state index in [1.807, 2.05) is 0 Å². The first kappa shape index (κ1) is 27.7. The van der Waals surface area contributed by atoms with Crippen molar-refractivity contribution in [1.29, 1.82) is 0 Å². The lowest BCUT2D eigenvalue weighted by molar-refractivity contribution is -0.323. The van der Waals surface area contributed by atoms with Gasteiger partial charge in [-0.1, -0.05) is 72.8 Å². The minimum atomic E-state index is -6.27. The Labute approximate surface area is 220 Å². The summed E-state index contributed by atoms with van der Waals surface area (Å²) in [5.41, 5.74) is -5.53. The summed E-state index contributed by atoms with van der Waals surface area (Å²) in [6.07, 6.45) is -6.27. The third kappa shape index (κ3) is 5.59. The first-order valence-electron chi connectivity index (χ1n) is 11.8. The summed E-state index contributed by atoms with van der Waals surface area (Å²) in [7, 11) is 0. The first-order valence-corrected chi connectivity index (χ1v) is 11.8. The second-order valence-corrected chi connectivity index (χ2v) is 8.87. The van der Waals surface area contributed by atoms with Crippen molar-refractivity contribution in [3.05, 3.63) is 119 Å². The van der Waals surface area contributed by atoms with Crippen molar-refractivity contribution in [2.75, 3.05) is 10.6 Å². The zero-order valence-corrected chi connectivity index (χ0v) is 20.3. The van der Waals surface area contributed by atoms with Crippen LogP contribution in [-0.4, -0.2) is 22.3 Å². The Kier molecular flexibility index (Phi) is 7.67. The van der Waals surface area contributed by atoms with Crippen molar-refractivity contribution in [2.24, 2.45) is 0 Å². The summed E-state index contributed by atoms with van der Waals surface area (Å²) in [5.74, 6) is -6.83. The van der Waals surface area contributed by atoms with E-state index >= 15 is 13.2 Å². The van der Waals surface area contributed by atoms with Crippen LogP contribution < -0.4 is 10.6 Å². The van der Waals surface area contributed by atoms with Crippen LogP contribution in [0.3, 0.4) is 0 Å². The van der Waals surface area contributed by atoms with Crippen LogP contribution in [0.4, 0.5) is 37.7 Å². The van der Waals surface area contributed by atoms with Crippen molar-refractivity contribution in [1.82, 2.24) is 0 Å². The van der Waals surface area contributed by atoms with Crippen LogP contribution in [0.2, 0.25) is 0 Å². The summed E-state index contributed by atoms with van der Waals surface area (Å²) >= 11 is 0. The largest absolute Gasteiger partial charge is 0.506 e. The lowest BCUT2D eigenvalue weighted by atomic mass is 9.81. The quantitative estimate of drug-likeness (QED) is 0.128. The van der Waals surface area contributed by atoms with E-state index in [1.54, 1.807) is 60.7 Å².